The fourth-order valence-corrected chi connectivity index (χ4v) is 2.90. The maximum Gasteiger partial charge on any atom is 0.258 e. The Morgan fingerprint density at radius 1 is 0.926 bits per heavy atom. The van der Waals surface area contributed by atoms with Crippen LogP contribution in [0.1, 0.15) is 20.7 Å². The van der Waals surface area contributed by atoms with Gasteiger partial charge in [0, 0.05) is 28.3 Å². The number of anilines is 2. The van der Waals surface area contributed by atoms with Crippen molar-refractivity contribution >= 4 is 39.1 Å². The number of halogens is 2. The molecule has 0 saturated carbocycles. The Bertz CT molecular complexity index is 992. The minimum absolute atomic E-state index is 0.0625. The van der Waals surface area contributed by atoms with Crippen LogP contribution in [0.5, 0.6) is 0 Å². The molecule has 0 radical (unpaired) electrons. The van der Waals surface area contributed by atoms with Crippen LogP contribution in [0.3, 0.4) is 0 Å². The number of carbonyl (C=O) groups is 2. The van der Waals surface area contributed by atoms with Gasteiger partial charge >= 0.3 is 0 Å². The van der Waals surface area contributed by atoms with E-state index in [0.29, 0.717) is 10.0 Å². The second-order valence-electron chi connectivity index (χ2n) is 5.86. The summed E-state index contributed by atoms with van der Waals surface area (Å²) in [6.45, 7) is 0. The zero-order chi connectivity index (χ0) is 19.4. The number of para-hydroxylation sites is 1. The van der Waals surface area contributed by atoms with Crippen LogP contribution in [-0.2, 0) is 0 Å². The van der Waals surface area contributed by atoms with Crippen molar-refractivity contribution < 1.29 is 14.0 Å². The Kier molecular flexibility index (Phi) is 5.66. The maximum atomic E-state index is 13.9. The number of benzene rings is 3. The van der Waals surface area contributed by atoms with Crippen LogP contribution >= 0.6 is 15.9 Å². The number of nitrogens with zero attached hydrogens (tertiary/aromatic N) is 1. The Labute approximate surface area is 164 Å². The van der Waals surface area contributed by atoms with Crippen LogP contribution in [0.4, 0.5) is 15.8 Å². The molecule has 0 saturated heterocycles. The quantitative estimate of drug-likeness (QED) is 0.629. The molecule has 3 rings (SSSR count). The lowest BCUT2D eigenvalue weighted by Gasteiger charge is -2.17. The molecule has 0 aliphatic carbocycles. The first-order valence-electron chi connectivity index (χ1n) is 8.15. The molecule has 1 N–H and O–H groups in total. The first-order valence-corrected chi connectivity index (χ1v) is 8.94. The number of hydrogen-bond acceptors (Lipinski definition) is 2. The van der Waals surface area contributed by atoms with Gasteiger partial charge in [-0.1, -0.05) is 40.2 Å². The van der Waals surface area contributed by atoms with E-state index in [1.165, 1.54) is 23.1 Å². The molecule has 3 aromatic carbocycles. The van der Waals surface area contributed by atoms with Gasteiger partial charge in [-0.15, -0.1) is 0 Å². The molecule has 0 aromatic heterocycles. The normalized spacial score (nSPS) is 10.3. The third kappa shape index (κ3) is 4.41. The molecular formula is C21H16BrFN2O2. The summed E-state index contributed by atoms with van der Waals surface area (Å²) in [6, 6.07) is 19.8. The van der Waals surface area contributed by atoms with E-state index in [-0.39, 0.29) is 17.2 Å². The second-order valence-corrected chi connectivity index (χ2v) is 6.77. The summed E-state index contributed by atoms with van der Waals surface area (Å²) in [5.41, 5.74) is 1.44. The van der Waals surface area contributed by atoms with Gasteiger partial charge in [0.05, 0.1) is 5.69 Å². The minimum atomic E-state index is -0.539. The van der Waals surface area contributed by atoms with Gasteiger partial charge in [-0.25, -0.2) is 4.39 Å². The van der Waals surface area contributed by atoms with Crippen molar-refractivity contribution in [2.45, 2.75) is 0 Å². The monoisotopic (exact) mass is 426 g/mol. The lowest BCUT2D eigenvalue weighted by atomic mass is 10.1. The van der Waals surface area contributed by atoms with Gasteiger partial charge in [-0.2, -0.15) is 0 Å². The highest BCUT2D eigenvalue weighted by atomic mass is 79.9. The Morgan fingerprint density at radius 3 is 2.37 bits per heavy atom. The Hall–Kier alpha value is -2.99. The van der Waals surface area contributed by atoms with E-state index in [9.17, 15) is 14.0 Å². The topological polar surface area (TPSA) is 49.4 Å². The van der Waals surface area contributed by atoms with E-state index in [1.807, 2.05) is 30.3 Å². The Balaban J connectivity index is 1.81. The largest absolute Gasteiger partial charge is 0.319 e. The molecule has 136 valence electrons. The summed E-state index contributed by atoms with van der Waals surface area (Å²) in [5, 5.41) is 2.53. The lowest BCUT2D eigenvalue weighted by Crippen LogP contribution is -2.26. The van der Waals surface area contributed by atoms with Gasteiger partial charge < -0.3 is 10.2 Å². The molecule has 6 heteroatoms. The third-order valence-corrected chi connectivity index (χ3v) is 4.49. The van der Waals surface area contributed by atoms with E-state index in [1.54, 1.807) is 31.3 Å². The van der Waals surface area contributed by atoms with Crippen LogP contribution in [0.2, 0.25) is 0 Å². The van der Waals surface area contributed by atoms with Gasteiger partial charge in [-0.05, 0) is 48.5 Å². The molecule has 0 fully saturated rings. The van der Waals surface area contributed by atoms with Crippen molar-refractivity contribution in [1.82, 2.24) is 0 Å². The van der Waals surface area contributed by atoms with E-state index in [2.05, 4.69) is 21.2 Å². The summed E-state index contributed by atoms with van der Waals surface area (Å²) in [7, 11) is 1.67. The molecule has 0 atom stereocenters. The average Bonchev–Trinajstić information content (AvgIpc) is 2.70. The first-order chi connectivity index (χ1) is 13.0. The molecular weight excluding hydrogens is 411 g/mol. The molecule has 0 bridgehead atoms. The molecule has 3 aromatic rings. The van der Waals surface area contributed by atoms with E-state index >= 15 is 0 Å². The standard InChI is InChI=1S/C21H16BrFN2O2/c1-25(17-8-3-2-4-9-17)21(27)15-7-5-6-14(12-15)20(26)24-19-13-16(22)10-11-18(19)23/h2-13H,1H3,(H,24,26). The molecule has 2 amide bonds. The van der Waals surface area contributed by atoms with Crippen LogP contribution in [-0.4, -0.2) is 18.9 Å². The smallest absolute Gasteiger partial charge is 0.258 e. The molecule has 27 heavy (non-hydrogen) atoms. The van der Waals surface area contributed by atoms with Gasteiger partial charge in [0.25, 0.3) is 11.8 Å². The van der Waals surface area contributed by atoms with Crippen molar-refractivity contribution in [1.29, 1.82) is 0 Å². The van der Waals surface area contributed by atoms with E-state index < -0.39 is 11.7 Å². The third-order valence-electron chi connectivity index (χ3n) is 4.00. The van der Waals surface area contributed by atoms with Crippen molar-refractivity contribution in [2.24, 2.45) is 0 Å². The van der Waals surface area contributed by atoms with E-state index in [4.69, 9.17) is 0 Å². The number of carbonyl (C=O) groups excluding carboxylic acids is 2. The maximum absolute atomic E-state index is 13.9. The van der Waals surface area contributed by atoms with Crippen molar-refractivity contribution in [2.75, 3.05) is 17.3 Å². The predicted molar refractivity (Wildman–Crippen MR) is 108 cm³/mol. The lowest BCUT2D eigenvalue weighted by molar-refractivity contribution is 0.0993. The molecule has 0 spiro atoms. The van der Waals surface area contributed by atoms with Crippen LogP contribution in [0.25, 0.3) is 0 Å². The average molecular weight is 427 g/mol. The van der Waals surface area contributed by atoms with Crippen LogP contribution in [0.15, 0.2) is 77.3 Å². The number of amides is 2. The summed E-state index contributed by atoms with van der Waals surface area (Å²) < 4.78 is 14.5. The first kappa shape index (κ1) is 18.8. The van der Waals surface area contributed by atoms with Crippen LogP contribution < -0.4 is 10.2 Å². The van der Waals surface area contributed by atoms with Crippen molar-refractivity contribution in [3.05, 3.63) is 94.2 Å². The molecule has 4 nitrogen and oxygen atoms in total. The van der Waals surface area contributed by atoms with E-state index in [0.717, 1.165) is 5.69 Å². The van der Waals surface area contributed by atoms with Gasteiger partial charge in [-0.3, -0.25) is 9.59 Å². The summed E-state index contributed by atoms with van der Waals surface area (Å²) in [4.78, 5) is 26.7. The van der Waals surface area contributed by atoms with Crippen molar-refractivity contribution in [3.8, 4) is 0 Å². The van der Waals surface area contributed by atoms with Gasteiger partial charge in [0.15, 0.2) is 0 Å². The zero-order valence-corrected chi connectivity index (χ0v) is 16.0. The minimum Gasteiger partial charge on any atom is -0.319 e. The molecule has 0 heterocycles. The van der Waals surface area contributed by atoms with Gasteiger partial charge in [0.1, 0.15) is 5.82 Å². The van der Waals surface area contributed by atoms with Crippen molar-refractivity contribution in [3.63, 3.8) is 0 Å². The second kappa shape index (κ2) is 8.14. The fourth-order valence-electron chi connectivity index (χ4n) is 2.54. The fraction of sp³-hybridized carbons (Fsp3) is 0.0476. The highest BCUT2D eigenvalue weighted by Gasteiger charge is 2.16. The van der Waals surface area contributed by atoms with Gasteiger partial charge in [0.2, 0.25) is 0 Å². The predicted octanol–water partition coefficient (Wildman–Crippen LogP) is 5.12. The highest BCUT2D eigenvalue weighted by molar-refractivity contribution is 9.10. The molecule has 0 aliphatic rings. The summed E-state index contributed by atoms with van der Waals surface area (Å²) >= 11 is 3.24. The molecule has 0 aliphatic heterocycles. The summed E-state index contributed by atoms with van der Waals surface area (Å²) in [6.07, 6.45) is 0. The summed E-state index contributed by atoms with van der Waals surface area (Å²) in [5.74, 6) is -1.28. The number of rotatable bonds is 4. The highest BCUT2D eigenvalue weighted by Crippen LogP contribution is 2.21. The SMILES string of the molecule is CN(C(=O)c1cccc(C(=O)Nc2cc(Br)ccc2F)c1)c1ccccc1. The van der Waals surface area contributed by atoms with Crippen LogP contribution in [0, 0.1) is 5.82 Å². The Morgan fingerprint density at radius 2 is 1.63 bits per heavy atom. The number of nitrogens with one attached hydrogen (secondary N) is 1. The number of hydrogen-bond donors (Lipinski definition) is 1. The molecule has 0 unspecified atom stereocenters. The zero-order valence-electron chi connectivity index (χ0n) is 14.4.